The van der Waals surface area contributed by atoms with Crippen LogP contribution in [0.4, 0.5) is 0 Å². The number of hydrogen-bond donors (Lipinski definition) is 4. The van der Waals surface area contributed by atoms with Crippen LogP contribution in [0.15, 0.2) is 0 Å². The van der Waals surface area contributed by atoms with Gasteiger partial charge in [-0.15, -0.1) is 0 Å². The lowest BCUT2D eigenvalue weighted by molar-refractivity contribution is -0.266. The van der Waals surface area contributed by atoms with Gasteiger partial charge in [-0.2, -0.15) is 0 Å². The number of hydrogen-bond acceptors (Lipinski definition) is 6. The van der Waals surface area contributed by atoms with Gasteiger partial charge in [0.05, 0.1) is 0 Å². The van der Waals surface area contributed by atoms with Crippen LogP contribution in [0.1, 0.15) is 57.8 Å². The molecule has 9 nitrogen and oxygen atoms in total. The van der Waals surface area contributed by atoms with E-state index in [1.165, 1.54) is 0 Å². The summed E-state index contributed by atoms with van der Waals surface area (Å²) in [5, 5.41) is 38.0. The van der Waals surface area contributed by atoms with E-state index in [0.29, 0.717) is 25.7 Å². The Balaban J connectivity index is 3.30. The maximum atomic E-state index is 11.9. The van der Waals surface area contributed by atoms with Crippen molar-refractivity contribution in [3.63, 3.8) is 0 Å². The van der Waals surface area contributed by atoms with Crippen LogP contribution in [0, 0.1) is 5.41 Å². The lowest BCUT2D eigenvalue weighted by atomic mass is 9.70. The van der Waals surface area contributed by atoms with Gasteiger partial charge in [0.1, 0.15) is 5.41 Å². The molecule has 0 aromatic heterocycles. The first-order valence-corrected chi connectivity index (χ1v) is 7.83. The molecule has 1 atom stereocenters. The summed E-state index contributed by atoms with van der Waals surface area (Å²) in [6.45, 7) is 0. The van der Waals surface area contributed by atoms with Gasteiger partial charge in [-0.25, -0.2) is 14.4 Å². The Morgan fingerprint density at radius 2 is 1.21 bits per heavy atom. The van der Waals surface area contributed by atoms with Crippen LogP contribution < -0.4 is 0 Å². The van der Waals surface area contributed by atoms with Crippen molar-refractivity contribution in [2.45, 2.75) is 63.6 Å². The van der Waals surface area contributed by atoms with E-state index in [2.05, 4.69) is 4.74 Å². The Morgan fingerprint density at radius 3 is 1.54 bits per heavy atom. The molecule has 0 radical (unpaired) electrons. The molecule has 136 valence electrons. The normalized spacial score (nSPS) is 21.0. The van der Waals surface area contributed by atoms with Crippen LogP contribution in [0.5, 0.6) is 0 Å². The second kappa shape index (κ2) is 8.09. The van der Waals surface area contributed by atoms with E-state index in [1.807, 2.05) is 0 Å². The molecular weight excluding hydrogens is 324 g/mol. The van der Waals surface area contributed by atoms with Crippen LogP contribution in [0.3, 0.4) is 0 Å². The average Bonchev–Trinajstić information content (AvgIpc) is 2.51. The first kappa shape index (κ1) is 19.9. The smallest absolute Gasteiger partial charge is 0.420 e. The molecule has 9 heteroatoms. The van der Waals surface area contributed by atoms with E-state index in [1.54, 1.807) is 0 Å². The van der Waals surface area contributed by atoms with Crippen molar-refractivity contribution in [1.82, 2.24) is 0 Å². The Kier molecular flexibility index (Phi) is 6.70. The molecule has 1 rings (SSSR count). The van der Waals surface area contributed by atoms with Crippen molar-refractivity contribution in [2.75, 3.05) is 0 Å². The van der Waals surface area contributed by atoms with E-state index >= 15 is 0 Å². The number of carbonyl (C=O) groups excluding carboxylic acids is 1. The molecular formula is C15H22O9. The Labute approximate surface area is 138 Å². The fourth-order valence-corrected chi connectivity index (χ4v) is 3.08. The van der Waals surface area contributed by atoms with Crippen molar-refractivity contribution in [3.05, 3.63) is 0 Å². The van der Waals surface area contributed by atoms with E-state index < -0.39 is 35.1 Å². The molecule has 0 heterocycles. The lowest BCUT2D eigenvalue weighted by Gasteiger charge is -2.40. The largest absolute Gasteiger partial charge is 0.481 e. The van der Waals surface area contributed by atoms with Crippen molar-refractivity contribution in [2.24, 2.45) is 5.41 Å². The predicted molar refractivity (Wildman–Crippen MR) is 77.9 cm³/mol. The molecule has 1 aliphatic carbocycles. The minimum absolute atomic E-state index is 0.238. The van der Waals surface area contributed by atoms with Crippen LogP contribution in [0.2, 0.25) is 0 Å². The molecule has 0 aliphatic heterocycles. The average molecular weight is 346 g/mol. The minimum atomic E-state index is -3.45. The van der Waals surface area contributed by atoms with Crippen molar-refractivity contribution in [3.8, 4) is 0 Å². The number of esters is 1. The topological polar surface area (TPSA) is 158 Å². The third kappa shape index (κ3) is 4.02. The van der Waals surface area contributed by atoms with E-state index in [9.17, 15) is 34.5 Å². The number of carboxylic acid groups (broad SMARTS) is 3. The Bertz CT molecular complexity index is 503. The number of aliphatic carboxylic acids is 3. The number of aliphatic hydroxyl groups is 1. The number of carboxylic acids is 3. The van der Waals surface area contributed by atoms with Gasteiger partial charge in [-0.1, -0.05) is 44.9 Å². The molecule has 0 bridgehead atoms. The second-order valence-electron chi connectivity index (χ2n) is 6.01. The predicted octanol–water partition coefficient (Wildman–Crippen LogP) is 0.983. The quantitative estimate of drug-likeness (QED) is 0.330. The van der Waals surface area contributed by atoms with Gasteiger partial charge in [0.2, 0.25) is 0 Å². The first-order chi connectivity index (χ1) is 11.2. The fraction of sp³-hybridized carbons (Fsp3) is 0.733. The SMILES string of the molecule is O=C(O)C(=O)OC(O)(C(=O)O)C1(C(=O)O)CCCCCCCCC1. The lowest BCUT2D eigenvalue weighted by Crippen LogP contribution is -2.61. The molecule has 0 amide bonds. The highest BCUT2D eigenvalue weighted by molar-refractivity contribution is 6.29. The van der Waals surface area contributed by atoms with Gasteiger partial charge in [0.25, 0.3) is 0 Å². The highest BCUT2D eigenvalue weighted by Gasteiger charge is 2.64. The number of rotatable bonds is 4. The molecule has 1 saturated carbocycles. The highest BCUT2D eigenvalue weighted by Crippen LogP contribution is 2.44. The second-order valence-corrected chi connectivity index (χ2v) is 6.01. The molecule has 0 aromatic rings. The van der Waals surface area contributed by atoms with E-state index in [-0.39, 0.29) is 12.8 Å². The molecule has 4 N–H and O–H groups in total. The summed E-state index contributed by atoms with van der Waals surface area (Å²) in [7, 11) is 0. The van der Waals surface area contributed by atoms with Crippen LogP contribution in [-0.2, 0) is 23.9 Å². The first-order valence-electron chi connectivity index (χ1n) is 7.83. The summed E-state index contributed by atoms with van der Waals surface area (Å²) < 4.78 is 4.27. The highest BCUT2D eigenvalue weighted by atomic mass is 16.7. The zero-order valence-corrected chi connectivity index (χ0v) is 13.2. The van der Waals surface area contributed by atoms with Crippen molar-refractivity contribution < 1.29 is 44.3 Å². The number of ether oxygens (including phenoxy) is 1. The fourth-order valence-electron chi connectivity index (χ4n) is 3.08. The molecule has 1 aliphatic rings. The summed E-state index contributed by atoms with van der Waals surface area (Å²) in [5.74, 6) is -11.3. The molecule has 0 aromatic carbocycles. The molecule has 1 fully saturated rings. The van der Waals surface area contributed by atoms with Crippen molar-refractivity contribution >= 4 is 23.9 Å². The third-order valence-electron chi connectivity index (χ3n) is 4.47. The molecule has 1 unspecified atom stereocenters. The van der Waals surface area contributed by atoms with Crippen LogP contribution in [-0.4, -0.2) is 50.1 Å². The van der Waals surface area contributed by atoms with Gasteiger partial charge in [0.15, 0.2) is 0 Å². The molecule has 0 spiro atoms. The zero-order valence-electron chi connectivity index (χ0n) is 13.2. The molecule has 24 heavy (non-hydrogen) atoms. The van der Waals surface area contributed by atoms with Crippen molar-refractivity contribution in [1.29, 1.82) is 0 Å². The monoisotopic (exact) mass is 346 g/mol. The summed E-state index contributed by atoms with van der Waals surface area (Å²) in [5.41, 5.74) is -2.30. The Hall–Kier alpha value is -2.16. The molecule has 0 saturated heterocycles. The zero-order chi connectivity index (χ0) is 18.4. The summed E-state index contributed by atoms with van der Waals surface area (Å²) in [6.07, 6.45) is 4.09. The van der Waals surface area contributed by atoms with Crippen LogP contribution >= 0.6 is 0 Å². The van der Waals surface area contributed by atoms with Crippen LogP contribution in [0.25, 0.3) is 0 Å². The summed E-state index contributed by atoms with van der Waals surface area (Å²) in [4.78, 5) is 45.4. The minimum Gasteiger partial charge on any atom is -0.481 e. The number of carbonyl (C=O) groups is 4. The van der Waals surface area contributed by atoms with E-state index in [0.717, 1.165) is 19.3 Å². The van der Waals surface area contributed by atoms with E-state index in [4.69, 9.17) is 5.11 Å². The van der Waals surface area contributed by atoms with Gasteiger partial charge in [-0.05, 0) is 12.8 Å². The van der Waals surface area contributed by atoms with Gasteiger partial charge in [-0.3, -0.25) is 4.79 Å². The van der Waals surface area contributed by atoms with Gasteiger partial charge in [0, 0.05) is 0 Å². The maximum Gasteiger partial charge on any atom is 0.420 e. The standard InChI is InChI=1S/C15H22O9/c16-10(17)11(18)24-15(23,13(21)22)14(12(19)20)8-6-4-2-1-3-5-7-9-14/h23H,1-9H2,(H,16,17)(H,19,20)(H,21,22). The third-order valence-corrected chi connectivity index (χ3v) is 4.47. The summed E-state index contributed by atoms with van der Waals surface area (Å²) in [6, 6.07) is 0. The van der Waals surface area contributed by atoms with Gasteiger partial charge < -0.3 is 25.2 Å². The maximum absolute atomic E-state index is 11.9. The Morgan fingerprint density at radius 1 is 0.792 bits per heavy atom. The van der Waals surface area contributed by atoms with Gasteiger partial charge >= 0.3 is 29.7 Å². The summed E-state index contributed by atoms with van der Waals surface area (Å²) >= 11 is 0.